The Hall–Kier alpha value is -1.72. The molecule has 0 amide bonds. The minimum atomic E-state index is -0.332. The number of ether oxygens (including phenoxy) is 1. The van der Waals surface area contributed by atoms with Crippen LogP contribution in [-0.4, -0.2) is 18.1 Å². The zero-order valence-electron chi connectivity index (χ0n) is 12.0. The highest BCUT2D eigenvalue weighted by atomic mass is 79.9. The van der Waals surface area contributed by atoms with Gasteiger partial charge in [0, 0.05) is 30.0 Å². The van der Waals surface area contributed by atoms with Crippen molar-refractivity contribution in [1.82, 2.24) is 10.3 Å². The Kier molecular flexibility index (Phi) is 5.47. The molecule has 1 heterocycles. The summed E-state index contributed by atoms with van der Waals surface area (Å²) in [5, 5.41) is 3.38. The van der Waals surface area contributed by atoms with Gasteiger partial charge in [-0.15, -0.1) is 0 Å². The number of carbonyl (C=O) groups excluding carboxylic acids is 1. The fourth-order valence-electron chi connectivity index (χ4n) is 1.95. The van der Waals surface area contributed by atoms with Crippen LogP contribution in [-0.2, 0) is 17.8 Å². The molecule has 0 aliphatic heterocycles. The zero-order chi connectivity index (χ0) is 15.2. The minimum Gasteiger partial charge on any atom is -0.465 e. The molecule has 0 aliphatic rings. The number of methoxy groups -OCH3 is 1. The molecule has 0 saturated heterocycles. The Morgan fingerprint density at radius 3 is 2.71 bits per heavy atom. The van der Waals surface area contributed by atoms with E-state index in [0.717, 1.165) is 16.6 Å². The number of hydrogen-bond donors (Lipinski definition) is 1. The number of aromatic nitrogens is 1. The molecule has 0 saturated carbocycles. The summed E-state index contributed by atoms with van der Waals surface area (Å²) in [7, 11) is 1.38. The fraction of sp³-hybridized carbons (Fsp3) is 0.250. The lowest BCUT2D eigenvalue weighted by Gasteiger charge is -2.09. The molecule has 0 aliphatic carbocycles. The van der Waals surface area contributed by atoms with Gasteiger partial charge in [0.05, 0.1) is 12.7 Å². The molecule has 0 radical (unpaired) electrons. The first-order chi connectivity index (χ1) is 10.1. The first kappa shape index (κ1) is 15.7. The molecule has 21 heavy (non-hydrogen) atoms. The van der Waals surface area contributed by atoms with E-state index in [4.69, 9.17) is 4.74 Å². The Morgan fingerprint density at radius 1 is 1.29 bits per heavy atom. The molecule has 2 rings (SSSR count). The van der Waals surface area contributed by atoms with E-state index in [-0.39, 0.29) is 5.97 Å². The van der Waals surface area contributed by atoms with Gasteiger partial charge in [0.25, 0.3) is 0 Å². The van der Waals surface area contributed by atoms with Crippen LogP contribution in [0, 0.1) is 6.92 Å². The number of hydrogen-bond acceptors (Lipinski definition) is 4. The second-order valence-corrected chi connectivity index (χ2v) is 5.56. The number of aryl methyl sites for hydroxylation is 1. The van der Waals surface area contributed by atoms with Gasteiger partial charge in [-0.05, 0) is 41.8 Å². The summed E-state index contributed by atoms with van der Waals surface area (Å²) in [6, 6.07) is 7.46. The van der Waals surface area contributed by atoms with Gasteiger partial charge in [0.15, 0.2) is 0 Å². The maximum absolute atomic E-state index is 11.4. The summed E-state index contributed by atoms with van der Waals surface area (Å²) in [4.78, 5) is 15.6. The number of esters is 1. The highest BCUT2D eigenvalue weighted by molar-refractivity contribution is 9.10. The molecule has 1 N–H and O–H groups in total. The normalized spacial score (nSPS) is 10.4. The van der Waals surface area contributed by atoms with Crippen LogP contribution in [0.15, 0.2) is 41.1 Å². The Balaban J connectivity index is 1.98. The maximum Gasteiger partial charge on any atom is 0.337 e. The average molecular weight is 349 g/mol. The van der Waals surface area contributed by atoms with E-state index < -0.39 is 0 Å². The molecule has 110 valence electrons. The number of carbonyl (C=O) groups is 1. The van der Waals surface area contributed by atoms with E-state index in [2.05, 4.69) is 33.2 Å². The zero-order valence-corrected chi connectivity index (χ0v) is 13.6. The van der Waals surface area contributed by atoms with Crippen LogP contribution in [0.25, 0.3) is 0 Å². The number of pyridine rings is 1. The second-order valence-electron chi connectivity index (χ2n) is 4.70. The Bertz CT molecular complexity index is 644. The lowest BCUT2D eigenvalue weighted by Crippen LogP contribution is -2.14. The van der Waals surface area contributed by atoms with Crippen molar-refractivity contribution in [1.29, 1.82) is 0 Å². The molecule has 1 aromatic carbocycles. The Morgan fingerprint density at radius 2 is 2.05 bits per heavy atom. The van der Waals surface area contributed by atoms with Gasteiger partial charge in [-0.2, -0.15) is 0 Å². The van der Waals surface area contributed by atoms with Gasteiger partial charge in [-0.25, -0.2) is 4.79 Å². The lowest BCUT2D eigenvalue weighted by molar-refractivity contribution is 0.0600. The van der Waals surface area contributed by atoms with Crippen LogP contribution in [0.2, 0.25) is 0 Å². The number of nitrogens with one attached hydrogen (secondary N) is 1. The third-order valence-corrected chi connectivity index (χ3v) is 3.99. The highest BCUT2D eigenvalue weighted by Gasteiger charge is 2.08. The predicted octanol–water partition coefficient (Wildman–Crippen LogP) is 3.23. The van der Waals surface area contributed by atoms with Crippen molar-refractivity contribution in [2.24, 2.45) is 0 Å². The van der Waals surface area contributed by atoms with Crippen molar-refractivity contribution in [3.05, 3.63) is 63.4 Å². The standard InChI is InChI=1S/C16H17BrN2O2/c1-11-5-6-18-9-14(11)10-19-8-13-4-3-12(7-15(13)17)16(20)21-2/h3-7,9,19H,8,10H2,1-2H3. The summed E-state index contributed by atoms with van der Waals surface area (Å²) in [6.45, 7) is 3.53. The third kappa shape index (κ3) is 4.12. The van der Waals surface area contributed by atoms with Crippen molar-refractivity contribution in [2.75, 3.05) is 7.11 Å². The molecule has 0 unspecified atom stereocenters. The highest BCUT2D eigenvalue weighted by Crippen LogP contribution is 2.19. The van der Waals surface area contributed by atoms with Gasteiger partial charge in [0.1, 0.15) is 0 Å². The first-order valence-electron chi connectivity index (χ1n) is 6.58. The summed E-state index contributed by atoms with van der Waals surface area (Å²) in [6.07, 6.45) is 3.67. The summed E-state index contributed by atoms with van der Waals surface area (Å²) in [5.74, 6) is -0.332. The summed E-state index contributed by atoms with van der Waals surface area (Å²) in [5.41, 5.74) is 4.03. The predicted molar refractivity (Wildman–Crippen MR) is 85.0 cm³/mol. The molecule has 0 atom stereocenters. The molecule has 0 bridgehead atoms. The average Bonchev–Trinajstić information content (AvgIpc) is 2.50. The smallest absolute Gasteiger partial charge is 0.337 e. The van der Waals surface area contributed by atoms with E-state index in [1.165, 1.54) is 18.2 Å². The fourth-order valence-corrected chi connectivity index (χ4v) is 2.47. The molecule has 0 fully saturated rings. The third-order valence-electron chi connectivity index (χ3n) is 3.25. The molecule has 4 nitrogen and oxygen atoms in total. The topological polar surface area (TPSA) is 51.2 Å². The monoisotopic (exact) mass is 348 g/mol. The van der Waals surface area contributed by atoms with Crippen LogP contribution in [0.3, 0.4) is 0 Å². The lowest BCUT2D eigenvalue weighted by atomic mass is 10.1. The largest absolute Gasteiger partial charge is 0.465 e. The van der Waals surface area contributed by atoms with Crippen LogP contribution in [0.5, 0.6) is 0 Å². The van der Waals surface area contributed by atoms with Crippen molar-refractivity contribution in [3.8, 4) is 0 Å². The van der Waals surface area contributed by atoms with Gasteiger partial charge in [-0.3, -0.25) is 4.98 Å². The van der Waals surface area contributed by atoms with E-state index in [9.17, 15) is 4.79 Å². The molecular weight excluding hydrogens is 332 g/mol. The quantitative estimate of drug-likeness (QED) is 0.842. The number of benzene rings is 1. The van der Waals surface area contributed by atoms with Gasteiger partial charge in [-0.1, -0.05) is 22.0 Å². The van der Waals surface area contributed by atoms with Crippen LogP contribution in [0.1, 0.15) is 27.0 Å². The molecule has 1 aromatic heterocycles. The van der Waals surface area contributed by atoms with Crippen molar-refractivity contribution in [3.63, 3.8) is 0 Å². The number of rotatable bonds is 5. The maximum atomic E-state index is 11.4. The molecule has 5 heteroatoms. The van der Waals surface area contributed by atoms with E-state index in [1.54, 1.807) is 18.3 Å². The minimum absolute atomic E-state index is 0.332. The van der Waals surface area contributed by atoms with E-state index >= 15 is 0 Å². The molecule has 0 spiro atoms. The molecule has 2 aromatic rings. The van der Waals surface area contributed by atoms with Gasteiger partial charge < -0.3 is 10.1 Å². The van der Waals surface area contributed by atoms with Crippen LogP contribution < -0.4 is 5.32 Å². The van der Waals surface area contributed by atoms with E-state index in [0.29, 0.717) is 12.1 Å². The summed E-state index contributed by atoms with van der Waals surface area (Å²) >= 11 is 3.49. The SMILES string of the molecule is COC(=O)c1ccc(CNCc2cnccc2C)c(Br)c1. The van der Waals surface area contributed by atoms with Gasteiger partial charge >= 0.3 is 5.97 Å². The Labute approximate surface area is 132 Å². The van der Waals surface area contributed by atoms with E-state index in [1.807, 2.05) is 18.3 Å². The van der Waals surface area contributed by atoms with Crippen molar-refractivity contribution >= 4 is 21.9 Å². The second kappa shape index (κ2) is 7.33. The van der Waals surface area contributed by atoms with Crippen LogP contribution >= 0.6 is 15.9 Å². The molecular formula is C16H17BrN2O2. The number of halogens is 1. The van der Waals surface area contributed by atoms with Crippen molar-refractivity contribution in [2.45, 2.75) is 20.0 Å². The first-order valence-corrected chi connectivity index (χ1v) is 7.38. The van der Waals surface area contributed by atoms with Gasteiger partial charge in [0.2, 0.25) is 0 Å². The number of nitrogens with zero attached hydrogens (tertiary/aromatic N) is 1. The summed E-state index contributed by atoms with van der Waals surface area (Å²) < 4.78 is 5.59. The van der Waals surface area contributed by atoms with Crippen LogP contribution in [0.4, 0.5) is 0 Å². The van der Waals surface area contributed by atoms with Crippen molar-refractivity contribution < 1.29 is 9.53 Å².